The Bertz CT molecular complexity index is 265. The molecule has 0 rings (SSSR count). The summed E-state index contributed by atoms with van der Waals surface area (Å²) in [6, 6.07) is 0. The maximum atomic E-state index is 11.8. The highest BCUT2D eigenvalue weighted by atomic mass is 16.4. The van der Waals surface area contributed by atoms with E-state index >= 15 is 0 Å². The molecule has 0 aliphatic rings. The number of amides is 1. The summed E-state index contributed by atoms with van der Waals surface area (Å²) in [6.07, 6.45) is 4.86. The number of aliphatic carboxylic acids is 1. The Morgan fingerprint density at radius 3 is 2.06 bits per heavy atom. The van der Waals surface area contributed by atoms with Crippen LogP contribution in [0.3, 0.4) is 0 Å². The highest BCUT2D eigenvalue weighted by Crippen LogP contribution is 2.14. The lowest BCUT2D eigenvalue weighted by molar-refractivity contribution is -0.135. The van der Waals surface area contributed by atoms with E-state index in [0.29, 0.717) is 0 Å². The molecule has 0 atom stereocenters. The van der Waals surface area contributed by atoms with Gasteiger partial charge in [0.1, 0.15) is 5.70 Å². The molecule has 0 aliphatic heterocycles. The first-order chi connectivity index (χ1) is 7.56. The van der Waals surface area contributed by atoms with Crippen molar-refractivity contribution < 1.29 is 14.7 Å². The number of allylic oxidation sites excluding steroid dienone is 1. The van der Waals surface area contributed by atoms with Gasteiger partial charge >= 0.3 is 5.97 Å². The molecule has 0 bridgehead atoms. The molecule has 92 valence electrons. The smallest absolute Gasteiger partial charge is 0.352 e. The van der Waals surface area contributed by atoms with E-state index in [1.165, 1.54) is 6.08 Å². The molecule has 0 aromatic heterocycles. The quantitative estimate of drug-likeness (QED) is 0.656. The molecule has 0 saturated heterocycles. The van der Waals surface area contributed by atoms with Gasteiger partial charge in [-0.05, 0) is 19.8 Å². The number of carboxylic acids is 1. The fourth-order valence-corrected chi connectivity index (χ4v) is 1.59. The van der Waals surface area contributed by atoms with Crippen molar-refractivity contribution in [3.8, 4) is 0 Å². The molecular formula is C12H21NO3. The number of nitrogens with one attached hydrogen (secondary N) is 1. The van der Waals surface area contributed by atoms with Crippen molar-refractivity contribution in [2.24, 2.45) is 5.92 Å². The van der Waals surface area contributed by atoms with Crippen molar-refractivity contribution >= 4 is 11.9 Å². The zero-order chi connectivity index (χ0) is 12.6. The molecule has 1 amide bonds. The molecule has 0 saturated carbocycles. The third-order valence-electron chi connectivity index (χ3n) is 2.42. The van der Waals surface area contributed by atoms with Gasteiger partial charge in [-0.1, -0.05) is 32.8 Å². The van der Waals surface area contributed by atoms with E-state index in [1.807, 2.05) is 13.8 Å². The van der Waals surface area contributed by atoms with E-state index < -0.39 is 5.97 Å². The van der Waals surface area contributed by atoms with E-state index in [1.54, 1.807) is 6.92 Å². The zero-order valence-corrected chi connectivity index (χ0v) is 10.2. The Morgan fingerprint density at radius 2 is 1.75 bits per heavy atom. The summed E-state index contributed by atoms with van der Waals surface area (Å²) in [7, 11) is 0. The molecule has 0 aromatic carbocycles. The molecular weight excluding hydrogens is 206 g/mol. The van der Waals surface area contributed by atoms with Gasteiger partial charge in [-0.2, -0.15) is 0 Å². The van der Waals surface area contributed by atoms with E-state index in [2.05, 4.69) is 5.32 Å². The predicted molar refractivity (Wildman–Crippen MR) is 62.8 cm³/mol. The number of carbonyl (C=O) groups is 2. The van der Waals surface area contributed by atoms with Gasteiger partial charge in [0, 0.05) is 5.92 Å². The van der Waals surface area contributed by atoms with Crippen LogP contribution in [0.15, 0.2) is 11.8 Å². The van der Waals surface area contributed by atoms with Crippen LogP contribution >= 0.6 is 0 Å². The monoisotopic (exact) mass is 227 g/mol. The molecule has 4 heteroatoms. The molecule has 0 aliphatic carbocycles. The highest BCUT2D eigenvalue weighted by molar-refractivity contribution is 5.93. The normalized spacial score (nSPS) is 11.6. The minimum Gasteiger partial charge on any atom is -0.477 e. The zero-order valence-electron chi connectivity index (χ0n) is 10.2. The van der Waals surface area contributed by atoms with E-state index in [9.17, 15) is 9.59 Å². The maximum Gasteiger partial charge on any atom is 0.352 e. The summed E-state index contributed by atoms with van der Waals surface area (Å²) in [5, 5.41) is 11.2. The van der Waals surface area contributed by atoms with E-state index in [-0.39, 0.29) is 17.5 Å². The van der Waals surface area contributed by atoms with Gasteiger partial charge in [0.2, 0.25) is 5.91 Å². The van der Waals surface area contributed by atoms with Crippen LogP contribution in [0.2, 0.25) is 0 Å². The van der Waals surface area contributed by atoms with Gasteiger partial charge in [-0.3, -0.25) is 4.79 Å². The van der Waals surface area contributed by atoms with Gasteiger partial charge < -0.3 is 10.4 Å². The number of carboxylic acid groups (broad SMARTS) is 1. The summed E-state index contributed by atoms with van der Waals surface area (Å²) >= 11 is 0. The van der Waals surface area contributed by atoms with Crippen LogP contribution in [0.5, 0.6) is 0 Å². The van der Waals surface area contributed by atoms with Gasteiger partial charge in [-0.25, -0.2) is 4.79 Å². The minimum atomic E-state index is -1.09. The lowest BCUT2D eigenvalue weighted by Gasteiger charge is -2.15. The average molecular weight is 227 g/mol. The van der Waals surface area contributed by atoms with Crippen molar-refractivity contribution in [1.82, 2.24) is 5.32 Å². The highest BCUT2D eigenvalue weighted by Gasteiger charge is 2.19. The van der Waals surface area contributed by atoms with Crippen molar-refractivity contribution in [2.45, 2.75) is 46.5 Å². The van der Waals surface area contributed by atoms with Gasteiger partial charge in [-0.15, -0.1) is 0 Å². The van der Waals surface area contributed by atoms with Crippen LogP contribution in [0.4, 0.5) is 0 Å². The van der Waals surface area contributed by atoms with Crippen molar-refractivity contribution in [2.75, 3.05) is 0 Å². The standard InChI is InChI=1S/C12H21NO3/c1-4-7-9(8-5-2)11(14)13-10(6-3)12(15)16/h6,9H,4-5,7-8H2,1-3H3,(H,13,14)(H,15,16)/b10-6-. The molecule has 0 radical (unpaired) electrons. The fourth-order valence-electron chi connectivity index (χ4n) is 1.59. The SMILES string of the molecule is C/C=C(\NC(=O)C(CCC)CCC)C(=O)O. The van der Waals surface area contributed by atoms with Crippen LogP contribution in [-0.4, -0.2) is 17.0 Å². The Morgan fingerprint density at radius 1 is 1.25 bits per heavy atom. The van der Waals surface area contributed by atoms with Crippen molar-refractivity contribution in [3.05, 3.63) is 11.8 Å². The van der Waals surface area contributed by atoms with Gasteiger partial charge in [0.15, 0.2) is 0 Å². The second-order valence-corrected chi connectivity index (χ2v) is 3.77. The Hall–Kier alpha value is -1.32. The Balaban J connectivity index is 4.45. The number of carbonyl (C=O) groups excluding carboxylic acids is 1. The lowest BCUT2D eigenvalue weighted by atomic mass is 9.97. The maximum absolute atomic E-state index is 11.8. The van der Waals surface area contributed by atoms with Crippen LogP contribution in [0.1, 0.15) is 46.5 Å². The lowest BCUT2D eigenvalue weighted by Crippen LogP contribution is -2.32. The molecule has 16 heavy (non-hydrogen) atoms. The number of rotatable bonds is 7. The molecule has 0 fully saturated rings. The molecule has 0 aromatic rings. The first-order valence-corrected chi connectivity index (χ1v) is 5.77. The minimum absolute atomic E-state index is 0.0396. The Labute approximate surface area is 96.7 Å². The summed E-state index contributed by atoms with van der Waals surface area (Å²) in [4.78, 5) is 22.5. The van der Waals surface area contributed by atoms with Crippen molar-refractivity contribution in [1.29, 1.82) is 0 Å². The van der Waals surface area contributed by atoms with E-state index in [0.717, 1.165) is 25.7 Å². The summed E-state index contributed by atoms with van der Waals surface area (Å²) in [6.45, 7) is 5.63. The second kappa shape index (κ2) is 7.91. The third-order valence-corrected chi connectivity index (χ3v) is 2.42. The van der Waals surface area contributed by atoms with Crippen LogP contribution in [0.25, 0.3) is 0 Å². The first kappa shape index (κ1) is 14.7. The fraction of sp³-hybridized carbons (Fsp3) is 0.667. The number of hydrogen-bond donors (Lipinski definition) is 2. The first-order valence-electron chi connectivity index (χ1n) is 5.77. The molecule has 2 N–H and O–H groups in total. The molecule has 0 unspecified atom stereocenters. The largest absolute Gasteiger partial charge is 0.477 e. The average Bonchev–Trinajstić information content (AvgIpc) is 2.24. The van der Waals surface area contributed by atoms with Gasteiger partial charge in [0.25, 0.3) is 0 Å². The Kier molecular flexibility index (Phi) is 7.25. The van der Waals surface area contributed by atoms with Crippen LogP contribution in [0, 0.1) is 5.92 Å². The summed E-state index contributed by atoms with van der Waals surface area (Å²) in [5.41, 5.74) is -0.0396. The van der Waals surface area contributed by atoms with Crippen molar-refractivity contribution in [3.63, 3.8) is 0 Å². The molecule has 0 spiro atoms. The third kappa shape index (κ3) is 4.96. The van der Waals surface area contributed by atoms with Gasteiger partial charge in [0.05, 0.1) is 0 Å². The topological polar surface area (TPSA) is 66.4 Å². The molecule has 4 nitrogen and oxygen atoms in total. The second-order valence-electron chi connectivity index (χ2n) is 3.77. The predicted octanol–water partition coefficient (Wildman–Crippen LogP) is 2.31. The van der Waals surface area contributed by atoms with Crippen LogP contribution < -0.4 is 5.32 Å². The summed E-state index contributed by atoms with van der Waals surface area (Å²) < 4.78 is 0. The summed E-state index contributed by atoms with van der Waals surface area (Å²) in [5.74, 6) is -1.36. The molecule has 0 heterocycles. The van der Waals surface area contributed by atoms with Crippen LogP contribution in [-0.2, 0) is 9.59 Å². The number of hydrogen-bond acceptors (Lipinski definition) is 2. The van der Waals surface area contributed by atoms with E-state index in [4.69, 9.17) is 5.11 Å².